The van der Waals surface area contributed by atoms with E-state index < -0.39 is 5.54 Å². The summed E-state index contributed by atoms with van der Waals surface area (Å²) in [6.07, 6.45) is 0. The zero-order chi connectivity index (χ0) is 20.2. The Morgan fingerprint density at radius 3 is 2.79 bits per heavy atom. The van der Waals surface area contributed by atoms with Crippen molar-refractivity contribution in [1.82, 2.24) is 5.16 Å². The Labute approximate surface area is 184 Å². The van der Waals surface area contributed by atoms with E-state index in [1.807, 2.05) is 47.4 Å². The summed E-state index contributed by atoms with van der Waals surface area (Å²) in [7, 11) is 3.27. The molecule has 1 amide bonds. The number of carbonyl (C=O) groups is 1. The third-order valence-electron chi connectivity index (χ3n) is 5.09. The van der Waals surface area contributed by atoms with E-state index in [4.69, 9.17) is 16.7 Å². The molecule has 1 aliphatic heterocycles. The Hall–Kier alpha value is -2.00. The number of para-hydroxylation sites is 2. The van der Waals surface area contributed by atoms with Gasteiger partial charge in [0.25, 0.3) is 0 Å². The zero-order valence-corrected chi connectivity index (χ0v) is 18.9. The van der Waals surface area contributed by atoms with Crippen molar-refractivity contribution in [2.45, 2.75) is 24.4 Å². The second-order valence-electron chi connectivity index (χ2n) is 7.24. The van der Waals surface area contributed by atoms with Crippen molar-refractivity contribution in [2.75, 3.05) is 10.7 Å². The van der Waals surface area contributed by atoms with Crippen molar-refractivity contribution in [2.24, 2.45) is 0 Å². The van der Waals surface area contributed by atoms with Gasteiger partial charge >= 0.3 is 0 Å². The summed E-state index contributed by atoms with van der Waals surface area (Å²) in [6, 6.07) is 15.7. The number of nitrogens with zero attached hydrogens (tertiary/aromatic N) is 2. The third-order valence-corrected chi connectivity index (χ3v) is 9.38. The molecule has 2 aromatic heterocycles. The van der Waals surface area contributed by atoms with Crippen LogP contribution in [0.5, 0.6) is 0 Å². The average molecular weight is 457 g/mol. The lowest BCUT2D eigenvalue weighted by molar-refractivity contribution is -0.117. The molecule has 0 radical (unpaired) electrons. The summed E-state index contributed by atoms with van der Waals surface area (Å²) in [5.74, 6) is 0.314. The molecular weight excluding hydrogens is 441 g/mol. The molecule has 8 heteroatoms. The van der Waals surface area contributed by atoms with Gasteiger partial charge in [-0.15, -0.1) is 0 Å². The number of amides is 1. The number of aromatic nitrogens is 1. The van der Waals surface area contributed by atoms with Crippen LogP contribution in [0.2, 0.25) is 0 Å². The highest BCUT2D eigenvalue weighted by atomic mass is 32.9. The fourth-order valence-corrected chi connectivity index (χ4v) is 7.87. The molecule has 0 unspecified atom stereocenters. The maximum atomic E-state index is 13.5. The number of thioether (sulfide) groups is 1. The minimum absolute atomic E-state index is 0.0366. The van der Waals surface area contributed by atoms with Gasteiger partial charge in [0.2, 0.25) is 5.91 Å². The number of rotatable bonds is 3. The van der Waals surface area contributed by atoms with Gasteiger partial charge in [-0.1, -0.05) is 80.1 Å². The first kappa shape index (κ1) is 19.0. The van der Waals surface area contributed by atoms with Crippen LogP contribution in [0.25, 0.3) is 22.1 Å². The van der Waals surface area contributed by atoms with Gasteiger partial charge in [-0.05, 0) is 32.0 Å². The lowest BCUT2D eigenvalue weighted by atomic mass is 9.87. The Balaban J connectivity index is 1.51. The molecule has 5 rings (SSSR count). The minimum atomic E-state index is -0.467. The molecule has 4 aromatic rings. The van der Waals surface area contributed by atoms with Gasteiger partial charge in [0, 0.05) is 11.1 Å². The lowest BCUT2D eigenvalue weighted by Crippen LogP contribution is -2.48. The van der Waals surface area contributed by atoms with E-state index in [9.17, 15) is 4.79 Å². The normalized spacial score (nSPS) is 14.6. The van der Waals surface area contributed by atoms with Gasteiger partial charge in [0.1, 0.15) is 8.85 Å². The molecule has 4 nitrogen and oxygen atoms in total. The maximum absolute atomic E-state index is 13.5. The lowest BCUT2D eigenvalue weighted by Gasteiger charge is -2.42. The number of anilines is 1. The van der Waals surface area contributed by atoms with Crippen molar-refractivity contribution >= 4 is 67.2 Å². The number of benzene rings is 2. The SMILES string of the molecule is CC1(C)c2ssc(=S)c2-c2ccccc2N1C(=O)CSc1noc2ccccc12. The van der Waals surface area contributed by atoms with E-state index >= 15 is 0 Å². The molecular formula is C21H16N2O2S4. The van der Waals surface area contributed by atoms with Crippen molar-refractivity contribution < 1.29 is 9.32 Å². The standard InChI is InChI=1S/C21H16N2O2S4/c1-21(2)18-17(20(26)29-28-18)12-7-3-5-9-14(12)23(21)16(24)11-27-19-13-8-4-6-10-15(13)25-22-19/h3-10H,11H2,1-2H3. The second kappa shape index (κ2) is 7.05. The predicted octanol–water partition coefficient (Wildman–Crippen LogP) is 6.72. The Kier molecular flexibility index (Phi) is 4.62. The Morgan fingerprint density at radius 2 is 1.93 bits per heavy atom. The minimum Gasteiger partial charge on any atom is -0.355 e. The van der Waals surface area contributed by atoms with Crippen LogP contribution >= 0.6 is 44.7 Å². The monoisotopic (exact) mass is 456 g/mol. The highest BCUT2D eigenvalue weighted by molar-refractivity contribution is 8.00. The molecule has 0 saturated carbocycles. The largest absolute Gasteiger partial charge is 0.355 e. The van der Waals surface area contributed by atoms with Crippen LogP contribution in [0.4, 0.5) is 5.69 Å². The van der Waals surface area contributed by atoms with Crippen molar-refractivity contribution in [1.29, 1.82) is 0 Å². The van der Waals surface area contributed by atoms with Gasteiger partial charge < -0.3 is 9.42 Å². The summed E-state index contributed by atoms with van der Waals surface area (Å²) in [4.78, 5) is 16.5. The van der Waals surface area contributed by atoms with Crippen LogP contribution in [0.3, 0.4) is 0 Å². The molecule has 1 aliphatic rings. The molecule has 29 heavy (non-hydrogen) atoms. The van der Waals surface area contributed by atoms with E-state index in [2.05, 4.69) is 25.1 Å². The molecule has 0 spiro atoms. The molecule has 0 saturated heterocycles. The maximum Gasteiger partial charge on any atom is 0.238 e. The van der Waals surface area contributed by atoms with Gasteiger partial charge in [0.15, 0.2) is 5.58 Å². The molecule has 0 atom stereocenters. The van der Waals surface area contributed by atoms with Crippen molar-refractivity contribution in [3.8, 4) is 11.1 Å². The first-order chi connectivity index (χ1) is 14.0. The second-order valence-corrected chi connectivity index (χ2v) is 11.0. The van der Waals surface area contributed by atoms with Crippen LogP contribution in [-0.2, 0) is 10.3 Å². The van der Waals surface area contributed by atoms with E-state index in [0.717, 1.165) is 41.5 Å². The average Bonchev–Trinajstić information content (AvgIpc) is 3.31. The summed E-state index contributed by atoms with van der Waals surface area (Å²) < 4.78 is 6.26. The number of fused-ring (bicyclic) bond motifs is 4. The quantitative estimate of drug-likeness (QED) is 0.194. The Bertz CT molecular complexity index is 1300. The predicted molar refractivity (Wildman–Crippen MR) is 124 cm³/mol. The van der Waals surface area contributed by atoms with E-state index in [0.29, 0.717) is 0 Å². The van der Waals surface area contributed by atoms with E-state index in [1.165, 1.54) is 11.8 Å². The molecule has 0 N–H and O–H groups in total. The number of carbonyl (C=O) groups excluding carboxylic acids is 1. The van der Waals surface area contributed by atoms with Crippen LogP contribution in [-0.4, -0.2) is 16.8 Å². The summed E-state index contributed by atoms with van der Waals surface area (Å²) >= 11 is 7.02. The highest BCUT2D eigenvalue weighted by Gasteiger charge is 2.42. The first-order valence-electron chi connectivity index (χ1n) is 9.02. The van der Waals surface area contributed by atoms with Crippen molar-refractivity contribution in [3.05, 3.63) is 57.2 Å². The smallest absolute Gasteiger partial charge is 0.238 e. The molecule has 0 bridgehead atoms. The number of hydrogen-bond acceptors (Lipinski definition) is 7. The van der Waals surface area contributed by atoms with Gasteiger partial charge in [0.05, 0.1) is 27.2 Å². The topological polar surface area (TPSA) is 46.3 Å². The van der Waals surface area contributed by atoms with Crippen LogP contribution in [0, 0.1) is 3.82 Å². The van der Waals surface area contributed by atoms with Gasteiger partial charge in [-0.25, -0.2) is 0 Å². The first-order valence-corrected chi connectivity index (χ1v) is 12.6. The molecule has 3 heterocycles. The summed E-state index contributed by atoms with van der Waals surface area (Å²) in [5, 5.41) is 5.81. The molecule has 0 fully saturated rings. The zero-order valence-electron chi connectivity index (χ0n) is 15.7. The Morgan fingerprint density at radius 1 is 1.17 bits per heavy atom. The molecule has 0 aliphatic carbocycles. The van der Waals surface area contributed by atoms with Crippen LogP contribution in [0.15, 0.2) is 58.1 Å². The van der Waals surface area contributed by atoms with Crippen LogP contribution < -0.4 is 4.90 Å². The summed E-state index contributed by atoms with van der Waals surface area (Å²) in [6.45, 7) is 4.18. The van der Waals surface area contributed by atoms with E-state index in [-0.39, 0.29) is 11.7 Å². The van der Waals surface area contributed by atoms with Gasteiger partial charge in [-0.2, -0.15) is 0 Å². The highest BCUT2D eigenvalue weighted by Crippen LogP contribution is 2.52. The fraction of sp³-hybridized carbons (Fsp3) is 0.190. The fourth-order valence-electron chi connectivity index (χ4n) is 3.79. The molecule has 2 aromatic carbocycles. The van der Waals surface area contributed by atoms with Crippen LogP contribution in [0.1, 0.15) is 18.7 Å². The molecule has 146 valence electrons. The summed E-state index contributed by atoms with van der Waals surface area (Å²) in [5.41, 5.74) is 3.32. The third kappa shape index (κ3) is 2.97. The van der Waals surface area contributed by atoms with Gasteiger partial charge in [-0.3, -0.25) is 4.79 Å². The van der Waals surface area contributed by atoms with E-state index in [1.54, 1.807) is 20.7 Å². The number of hydrogen-bond donors (Lipinski definition) is 0. The van der Waals surface area contributed by atoms with Crippen molar-refractivity contribution in [3.63, 3.8) is 0 Å².